The van der Waals surface area contributed by atoms with E-state index in [0.717, 1.165) is 9.75 Å². The zero-order chi connectivity index (χ0) is 14.0. The van der Waals surface area contributed by atoms with E-state index in [-0.39, 0.29) is 18.9 Å². The van der Waals surface area contributed by atoms with Crippen molar-refractivity contribution in [1.82, 2.24) is 4.90 Å². The van der Waals surface area contributed by atoms with Crippen molar-refractivity contribution in [2.45, 2.75) is 25.5 Å². The molecule has 0 aliphatic carbocycles. The molecular weight excluding hydrogens is 266 g/mol. The molecule has 1 aliphatic heterocycles. The van der Waals surface area contributed by atoms with Crippen LogP contribution in [0.15, 0.2) is 18.2 Å². The number of carbonyl (C=O) groups excluding carboxylic acids is 1. The van der Waals surface area contributed by atoms with Crippen molar-refractivity contribution in [1.29, 1.82) is 0 Å². The lowest BCUT2D eigenvalue weighted by Gasteiger charge is -2.19. The molecule has 5 nitrogen and oxygen atoms in total. The molecule has 19 heavy (non-hydrogen) atoms. The average molecular weight is 281 g/mol. The van der Waals surface area contributed by atoms with Crippen LogP contribution in [-0.2, 0) is 9.59 Å². The maximum atomic E-state index is 12.0. The minimum Gasteiger partial charge on any atom is -0.480 e. The van der Waals surface area contributed by atoms with Gasteiger partial charge in [-0.2, -0.15) is 0 Å². The standard InChI is InChI=1S/C13H15NO4S/c1-8-2-3-10(19-8)4-5-12(16)14-7-9(15)6-11(14)13(17)18/h2-5,9,11,15H,6-7H2,1H3,(H,17,18)/t9-,11+/m1/s1. The molecule has 2 heterocycles. The molecule has 0 radical (unpaired) electrons. The Morgan fingerprint density at radius 3 is 2.79 bits per heavy atom. The summed E-state index contributed by atoms with van der Waals surface area (Å²) in [5.74, 6) is -1.46. The van der Waals surface area contributed by atoms with E-state index in [2.05, 4.69) is 0 Å². The number of thiophene rings is 1. The first kappa shape index (κ1) is 13.8. The number of nitrogens with zero attached hydrogens (tertiary/aromatic N) is 1. The third-order valence-corrected chi connectivity index (χ3v) is 3.96. The monoisotopic (exact) mass is 281 g/mol. The van der Waals surface area contributed by atoms with Gasteiger partial charge in [0.25, 0.3) is 0 Å². The summed E-state index contributed by atoms with van der Waals surface area (Å²) >= 11 is 1.56. The zero-order valence-electron chi connectivity index (χ0n) is 10.4. The minimum atomic E-state index is -1.08. The van der Waals surface area contributed by atoms with Crippen molar-refractivity contribution >= 4 is 29.3 Å². The van der Waals surface area contributed by atoms with Crippen LogP contribution in [0.3, 0.4) is 0 Å². The molecule has 102 valence electrons. The molecule has 1 aromatic rings. The van der Waals surface area contributed by atoms with E-state index in [1.54, 1.807) is 17.4 Å². The van der Waals surface area contributed by atoms with Crippen molar-refractivity contribution in [2.75, 3.05) is 6.54 Å². The molecule has 2 atom stereocenters. The summed E-state index contributed by atoms with van der Waals surface area (Å²) in [7, 11) is 0. The number of aliphatic hydroxyl groups excluding tert-OH is 1. The second kappa shape index (κ2) is 5.54. The molecular formula is C13H15NO4S. The van der Waals surface area contributed by atoms with E-state index in [9.17, 15) is 14.7 Å². The van der Waals surface area contributed by atoms with Crippen LogP contribution in [0.4, 0.5) is 0 Å². The van der Waals surface area contributed by atoms with Crippen molar-refractivity contribution in [3.63, 3.8) is 0 Å². The van der Waals surface area contributed by atoms with Gasteiger partial charge in [-0.3, -0.25) is 4.79 Å². The summed E-state index contributed by atoms with van der Waals surface area (Å²) in [6.07, 6.45) is 2.36. The Morgan fingerprint density at radius 1 is 1.47 bits per heavy atom. The number of hydrogen-bond acceptors (Lipinski definition) is 4. The van der Waals surface area contributed by atoms with Gasteiger partial charge in [-0.15, -0.1) is 11.3 Å². The van der Waals surface area contributed by atoms with Gasteiger partial charge in [0.2, 0.25) is 5.91 Å². The third kappa shape index (κ3) is 3.21. The highest BCUT2D eigenvalue weighted by atomic mass is 32.1. The van der Waals surface area contributed by atoms with Gasteiger partial charge >= 0.3 is 5.97 Å². The predicted octanol–water partition coefficient (Wildman–Crippen LogP) is 1.12. The molecule has 0 aromatic carbocycles. The first-order valence-electron chi connectivity index (χ1n) is 5.93. The number of likely N-dealkylation sites (tertiary alicyclic amines) is 1. The number of aliphatic carboxylic acids is 1. The van der Waals surface area contributed by atoms with Crippen LogP contribution in [0.5, 0.6) is 0 Å². The Hall–Kier alpha value is -1.66. The molecule has 0 spiro atoms. The Bertz CT molecular complexity index is 522. The highest BCUT2D eigenvalue weighted by Crippen LogP contribution is 2.20. The Balaban J connectivity index is 2.06. The largest absolute Gasteiger partial charge is 0.480 e. The van der Waals surface area contributed by atoms with Gasteiger partial charge in [-0.25, -0.2) is 4.79 Å². The normalized spacial score (nSPS) is 23.2. The number of β-amino-alcohol motifs (C(OH)–C–C–N with tert-alkyl or cyclic N) is 1. The fourth-order valence-corrected chi connectivity index (χ4v) is 2.86. The molecule has 0 bridgehead atoms. The molecule has 2 N–H and O–H groups in total. The maximum Gasteiger partial charge on any atom is 0.326 e. The quantitative estimate of drug-likeness (QED) is 0.814. The van der Waals surface area contributed by atoms with Crippen LogP contribution in [0, 0.1) is 6.92 Å². The van der Waals surface area contributed by atoms with Gasteiger partial charge in [-0.05, 0) is 25.1 Å². The lowest BCUT2D eigenvalue weighted by Crippen LogP contribution is -2.39. The van der Waals surface area contributed by atoms with Crippen LogP contribution in [0.25, 0.3) is 6.08 Å². The van der Waals surface area contributed by atoms with E-state index in [4.69, 9.17) is 5.11 Å². The Morgan fingerprint density at radius 2 is 2.21 bits per heavy atom. The Kier molecular flexibility index (Phi) is 4.01. The van der Waals surface area contributed by atoms with E-state index >= 15 is 0 Å². The van der Waals surface area contributed by atoms with Crippen molar-refractivity contribution in [3.8, 4) is 0 Å². The number of carboxylic acid groups (broad SMARTS) is 1. The lowest BCUT2D eigenvalue weighted by atomic mass is 10.2. The molecule has 0 saturated carbocycles. The number of aliphatic hydroxyl groups is 1. The summed E-state index contributed by atoms with van der Waals surface area (Å²) in [6.45, 7) is 2.05. The number of carboxylic acids is 1. The number of carbonyl (C=O) groups is 2. The van der Waals surface area contributed by atoms with E-state index in [1.807, 2.05) is 19.1 Å². The highest BCUT2D eigenvalue weighted by molar-refractivity contribution is 7.12. The summed E-state index contributed by atoms with van der Waals surface area (Å²) in [6, 6.07) is 2.92. The number of aryl methyl sites for hydroxylation is 1. The SMILES string of the molecule is Cc1ccc(C=CC(=O)N2C[C@H](O)C[C@H]2C(=O)O)s1. The van der Waals surface area contributed by atoms with Crippen LogP contribution in [0.1, 0.15) is 16.2 Å². The van der Waals surface area contributed by atoms with Gasteiger partial charge in [0.1, 0.15) is 6.04 Å². The van der Waals surface area contributed by atoms with Gasteiger partial charge in [0, 0.05) is 28.8 Å². The van der Waals surface area contributed by atoms with Gasteiger partial charge in [0.15, 0.2) is 0 Å². The molecule has 1 aliphatic rings. The predicted molar refractivity (Wildman–Crippen MR) is 71.9 cm³/mol. The third-order valence-electron chi connectivity index (χ3n) is 3.00. The minimum absolute atomic E-state index is 0.0730. The number of amides is 1. The first-order valence-corrected chi connectivity index (χ1v) is 6.75. The fraction of sp³-hybridized carbons (Fsp3) is 0.385. The summed E-state index contributed by atoms with van der Waals surface area (Å²) in [5, 5.41) is 18.5. The van der Waals surface area contributed by atoms with Crippen LogP contribution < -0.4 is 0 Å². The molecule has 0 unspecified atom stereocenters. The summed E-state index contributed by atoms with van der Waals surface area (Å²) < 4.78 is 0. The molecule has 1 saturated heterocycles. The van der Waals surface area contributed by atoms with E-state index in [0.29, 0.717) is 0 Å². The topological polar surface area (TPSA) is 77.8 Å². The van der Waals surface area contributed by atoms with E-state index in [1.165, 1.54) is 11.0 Å². The van der Waals surface area contributed by atoms with Crippen molar-refractivity contribution in [3.05, 3.63) is 28.0 Å². The van der Waals surface area contributed by atoms with Crippen molar-refractivity contribution < 1.29 is 19.8 Å². The molecule has 1 amide bonds. The molecule has 2 rings (SSSR count). The zero-order valence-corrected chi connectivity index (χ0v) is 11.3. The second-order valence-corrected chi connectivity index (χ2v) is 5.84. The Labute approximate surface area is 114 Å². The first-order chi connectivity index (χ1) is 8.97. The lowest BCUT2D eigenvalue weighted by molar-refractivity contribution is -0.146. The highest BCUT2D eigenvalue weighted by Gasteiger charge is 2.37. The average Bonchev–Trinajstić information content (AvgIpc) is 2.92. The smallest absolute Gasteiger partial charge is 0.326 e. The number of hydrogen-bond donors (Lipinski definition) is 2. The fourth-order valence-electron chi connectivity index (χ4n) is 2.08. The molecule has 1 aromatic heterocycles. The van der Waals surface area contributed by atoms with Crippen LogP contribution in [-0.4, -0.2) is 45.7 Å². The summed E-state index contributed by atoms with van der Waals surface area (Å²) in [5.41, 5.74) is 0. The molecule has 1 fully saturated rings. The van der Waals surface area contributed by atoms with Crippen molar-refractivity contribution in [2.24, 2.45) is 0 Å². The molecule has 6 heteroatoms. The van der Waals surface area contributed by atoms with Crippen LogP contribution >= 0.6 is 11.3 Å². The summed E-state index contributed by atoms with van der Waals surface area (Å²) in [4.78, 5) is 26.3. The van der Waals surface area contributed by atoms with Gasteiger partial charge in [0.05, 0.1) is 6.10 Å². The number of rotatable bonds is 3. The van der Waals surface area contributed by atoms with Gasteiger partial charge < -0.3 is 15.1 Å². The second-order valence-electron chi connectivity index (χ2n) is 4.52. The van der Waals surface area contributed by atoms with E-state index < -0.39 is 18.1 Å². The van der Waals surface area contributed by atoms with Gasteiger partial charge in [-0.1, -0.05) is 0 Å². The van der Waals surface area contributed by atoms with Crippen LogP contribution in [0.2, 0.25) is 0 Å². The maximum absolute atomic E-state index is 12.0.